The van der Waals surface area contributed by atoms with E-state index in [1.165, 1.54) is 17.2 Å². The molecular weight excluding hydrogens is 773 g/mol. The summed E-state index contributed by atoms with van der Waals surface area (Å²) >= 11 is 0. The molecule has 1 aliphatic carbocycles. The molecule has 5 nitrogen and oxygen atoms in total. The Bertz CT molecular complexity index is 2090. The van der Waals surface area contributed by atoms with E-state index in [2.05, 4.69) is 61.9 Å². The van der Waals surface area contributed by atoms with Crippen LogP contribution in [-0.4, -0.2) is 20.9 Å². The maximum Gasteiger partial charge on any atom is 0.216 e. The summed E-state index contributed by atoms with van der Waals surface area (Å²) in [6.45, 7) is 21.1. The first-order chi connectivity index (χ1) is 23.1. The third kappa shape index (κ3) is 7.16. The Hall–Kier alpha value is -3.34. The van der Waals surface area contributed by atoms with Gasteiger partial charge in [-0.2, -0.15) is 0 Å². The van der Waals surface area contributed by atoms with Gasteiger partial charge >= 0.3 is 0 Å². The number of furan rings is 1. The average molecular weight is 826 g/mol. The van der Waals surface area contributed by atoms with E-state index in [0.717, 1.165) is 70.5 Å². The number of hydrogen-bond donors (Lipinski definition) is 1. The molecule has 6 rings (SSSR count). The van der Waals surface area contributed by atoms with E-state index >= 15 is 0 Å². The van der Waals surface area contributed by atoms with Crippen LogP contribution in [0.3, 0.4) is 0 Å². The SMILES string of the molecule is CCC(CC)C(=O)/C=C(\O)C(CC)CC.[2H]c1nc(-c2[c-]c(C)cc3c2oc2nc(C)ccc23)c2cc3c(cc2c1[2H])C(C)(C)CC3(C)C.[Ir]. The molecule has 6 heteroatoms. The van der Waals surface area contributed by atoms with Crippen molar-refractivity contribution in [3.8, 4) is 11.3 Å². The van der Waals surface area contributed by atoms with E-state index in [-0.39, 0.29) is 66.5 Å². The van der Waals surface area contributed by atoms with Crippen LogP contribution in [0.4, 0.5) is 0 Å². The Kier molecular flexibility index (Phi) is 10.5. The first-order valence-corrected chi connectivity index (χ1v) is 17.2. The number of allylic oxidation sites excluding steroid dienone is 2. The summed E-state index contributed by atoms with van der Waals surface area (Å²) in [5.74, 6) is 0.547. The van der Waals surface area contributed by atoms with Crippen LogP contribution < -0.4 is 0 Å². The van der Waals surface area contributed by atoms with Gasteiger partial charge < -0.3 is 14.5 Å². The molecule has 48 heavy (non-hydrogen) atoms. The molecule has 0 atom stereocenters. The van der Waals surface area contributed by atoms with E-state index in [0.29, 0.717) is 17.0 Å². The van der Waals surface area contributed by atoms with Crippen LogP contribution in [0.5, 0.6) is 0 Å². The van der Waals surface area contributed by atoms with Gasteiger partial charge in [0.05, 0.1) is 14.1 Å². The molecule has 257 valence electrons. The molecule has 0 saturated carbocycles. The van der Waals surface area contributed by atoms with Crippen molar-refractivity contribution in [1.29, 1.82) is 0 Å². The van der Waals surface area contributed by atoms with E-state index in [9.17, 15) is 9.90 Å². The van der Waals surface area contributed by atoms with Crippen molar-refractivity contribution in [2.45, 2.75) is 112 Å². The minimum Gasteiger partial charge on any atom is -0.512 e. The molecular formula is C42H51IrN2O3-. The normalized spacial score (nSPS) is 15.7. The Morgan fingerprint density at radius 3 is 2.21 bits per heavy atom. The van der Waals surface area contributed by atoms with Crippen LogP contribution in [-0.2, 0) is 35.7 Å². The molecule has 3 heterocycles. The minimum atomic E-state index is -0.0364. The van der Waals surface area contributed by atoms with Crippen LogP contribution >= 0.6 is 0 Å². The predicted molar refractivity (Wildman–Crippen MR) is 195 cm³/mol. The Balaban J connectivity index is 0.000000301. The number of aromatic nitrogens is 2. The maximum absolute atomic E-state index is 11.7. The Morgan fingerprint density at radius 1 is 0.958 bits per heavy atom. The number of benzene rings is 2. The minimum absolute atomic E-state index is 0. The molecule has 0 fully saturated rings. The van der Waals surface area contributed by atoms with Gasteiger partial charge in [-0.05, 0) is 95.6 Å². The number of aliphatic hydroxyl groups is 1. The number of aliphatic hydroxyl groups excluding tert-OH is 1. The third-order valence-electron chi connectivity index (χ3n) is 10.1. The number of pyridine rings is 2. The van der Waals surface area contributed by atoms with Crippen LogP contribution in [0.25, 0.3) is 44.1 Å². The average Bonchev–Trinajstić information content (AvgIpc) is 3.48. The van der Waals surface area contributed by atoms with Crippen molar-refractivity contribution in [3.05, 3.63) is 82.8 Å². The summed E-state index contributed by atoms with van der Waals surface area (Å²) in [5, 5.41) is 13.3. The Morgan fingerprint density at radius 2 is 1.58 bits per heavy atom. The number of hydrogen-bond acceptors (Lipinski definition) is 5. The quantitative estimate of drug-likeness (QED) is 0.0958. The number of fused-ring (bicyclic) bond motifs is 5. The van der Waals surface area contributed by atoms with E-state index < -0.39 is 0 Å². The summed E-state index contributed by atoms with van der Waals surface area (Å²) in [6.07, 6.45) is 5.90. The number of carbonyl (C=O) groups excluding carboxylic acids is 1. The molecule has 1 radical (unpaired) electrons. The van der Waals surface area contributed by atoms with Crippen molar-refractivity contribution in [2.24, 2.45) is 11.8 Å². The van der Waals surface area contributed by atoms with Crippen LogP contribution in [0.1, 0.15) is 113 Å². The molecule has 0 saturated heterocycles. The molecule has 0 spiro atoms. The van der Waals surface area contributed by atoms with E-state index in [1.54, 1.807) is 0 Å². The number of ketones is 1. The predicted octanol–water partition coefficient (Wildman–Crippen LogP) is 11.4. The van der Waals surface area contributed by atoms with Gasteiger partial charge in [-0.1, -0.05) is 85.4 Å². The zero-order valence-corrected chi connectivity index (χ0v) is 32.5. The monoisotopic (exact) mass is 826 g/mol. The van der Waals surface area contributed by atoms with Gasteiger partial charge in [0.2, 0.25) is 5.71 Å². The second kappa shape index (κ2) is 14.6. The Labute approximate surface area is 302 Å². The summed E-state index contributed by atoms with van der Waals surface area (Å²) in [4.78, 5) is 20.9. The topological polar surface area (TPSA) is 76.2 Å². The maximum atomic E-state index is 11.7. The van der Waals surface area contributed by atoms with Crippen molar-refractivity contribution in [1.82, 2.24) is 9.97 Å². The largest absolute Gasteiger partial charge is 0.512 e. The van der Waals surface area contributed by atoms with Gasteiger partial charge in [0.1, 0.15) is 0 Å². The van der Waals surface area contributed by atoms with E-state index in [1.807, 2.05) is 53.7 Å². The molecule has 2 aromatic carbocycles. The van der Waals surface area contributed by atoms with Crippen molar-refractivity contribution >= 4 is 38.6 Å². The molecule has 0 bridgehead atoms. The van der Waals surface area contributed by atoms with Crippen molar-refractivity contribution < 1.29 is 37.2 Å². The molecule has 0 amide bonds. The molecule has 1 N–H and O–H groups in total. The second-order valence-corrected chi connectivity index (χ2v) is 14.6. The van der Waals surface area contributed by atoms with Gasteiger partial charge in [0.25, 0.3) is 0 Å². The zero-order chi connectivity index (χ0) is 36.0. The molecule has 0 aliphatic heterocycles. The first kappa shape index (κ1) is 34.5. The first-order valence-electron chi connectivity index (χ1n) is 18.2. The standard InChI is InChI=1S/C29H27N2O.C13H24O2.Ir/c1-16-11-21-19-8-7-17(2)31-27(19)32-26(21)22(12-16)25-20-14-24-23(13-18(20)9-10-30-25)28(3,4)15-29(24,5)6;1-5-10(6-2)12(14)9-13(15)11(7-3)8-4;/h7-11,13-14H,15H2,1-6H3;9-11,14H,5-8H2,1-4H3;/q-1;;/b;12-9-;/i9D,10D;;. The molecule has 1 aliphatic rings. The smallest absolute Gasteiger partial charge is 0.216 e. The van der Waals surface area contributed by atoms with Gasteiger partial charge in [0.15, 0.2) is 5.78 Å². The second-order valence-electron chi connectivity index (χ2n) is 14.6. The summed E-state index contributed by atoms with van der Waals surface area (Å²) in [7, 11) is 0. The summed E-state index contributed by atoms with van der Waals surface area (Å²) in [6, 6.07) is 14.0. The molecule has 3 aromatic heterocycles. The van der Waals surface area contributed by atoms with Gasteiger partial charge in [-0.15, -0.1) is 17.7 Å². The number of rotatable bonds is 8. The van der Waals surface area contributed by atoms with Gasteiger partial charge in [0, 0.05) is 55.3 Å². The third-order valence-corrected chi connectivity index (χ3v) is 10.1. The molecule has 5 aromatic rings. The zero-order valence-electron chi connectivity index (χ0n) is 32.1. The summed E-state index contributed by atoms with van der Waals surface area (Å²) < 4.78 is 23.4. The molecule has 0 unspecified atom stereocenters. The van der Waals surface area contributed by atoms with Gasteiger partial charge in [-0.3, -0.25) is 4.79 Å². The number of nitrogens with zero attached hydrogens (tertiary/aromatic N) is 2. The van der Waals surface area contributed by atoms with E-state index in [4.69, 9.17) is 7.16 Å². The van der Waals surface area contributed by atoms with Crippen LogP contribution in [0.15, 0.2) is 58.8 Å². The number of carbonyl (C=O) groups is 1. The number of aryl methyl sites for hydroxylation is 2. The van der Waals surface area contributed by atoms with Crippen molar-refractivity contribution in [3.63, 3.8) is 0 Å². The van der Waals surface area contributed by atoms with Crippen molar-refractivity contribution in [2.75, 3.05) is 0 Å². The summed E-state index contributed by atoms with van der Waals surface area (Å²) in [5.41, 5.74) is 7.05. The fourth-order valence-electron chi connectivity index (χ4n) is 7.58. The fraction of sp³-hybridized carbons (Fsp3) is 0.452. The van der Waals surface area contributed by atoms with Gasteiger partial charge in [-0.25, -0.2) is 4.98 Å². The fourth-order valence-corrected chi connectivity index (χ4v) is 7.58. The van der Waals surface area contributed by atoms with Crippen LogP contribution in [0, 0.1) is 31.7 Å². The van der Waals surface area contributed by atoms with Crippen LogP contribution in [0.2, 0.25) is 0 Å².